The molecule has 3 rings (SSSR count). The number of hydrogen-bond donors (Lipinski definition) is 1. The standard InChI is InChI=1S/C21H19N5O6/c1-14-10-16(15(2)24(14)17-6-5-7-18(11-17)25(28)29)12-22-23-21(27)13-32-20-9-4-3-8-19(20)26(30)31/h3-12H,13H2,1-2H3,(H,23,27)/b22-12+. The van der Waals surface area contributed by atoms with E-state index in [1.165, 1.54) is 36.5 Å². The quantitative estimate of drug-likeness (QED) is 0.325. The van der Waals surface area contributed by atoms with Crippen LogP contribution in [0.1, 0.15) is 17.0 Å². The molecule has 164 valence electrons. The van der Waals surface area contributed by atoms with Crippen LogP contribution in [0.15, 0.2) is 59.7 Å². The Morgan fingerprint density at radius 3 is 2.56 bits per heavy atom. The molecule has 2 aromatic carbocycles. The minimum atomic E-state index is -0.595. The number of para-hydroxylation sites is 2. The first-order chi connectivity index (χ1) is 15.3. The highest BCUT2D eigenvalue weighted by Gasteiger charge is 2.15. The number of benzene rings is 2. The van der Waals surface area contributed by atoms with Gasteiger partial charge >= 0.3 is 5.69 Å². The molecular formula is C21H19N5O6. The van der Waals surface area contributed by atoms with Crippen molar-refractivity contribution in [2.24, 2.45) is 5.10 Å². The van der Waals surface area contributed by atoms with Gasteiger partial charge in [-0.15, -0.1) is 0 Å². The van der Waals surface area contributed by atoms with Crippen molar-refractivity contribution >= 4 is 23.5 Å². The fourth-order valence-corrected chi connectivity index (χ4v) is 3.14. The molecule has 1 N–H and O–H groups in total. The molecule has 0 spiro atoms. The van der Waals surface area contributed by atoms with Crippen LogP contribution in [0, 0.1) is 34.1 Å². The van der Waals surface area contributed by atoms with Gasteiger partial charge in [-0.2, -0.15) is 5.10 Å². The molecule has 11 heteroatoms. The van der Waals surface area contributed by atoms with Crippen molar-refractivity contribution in [1.29, 1.82) is 0 Å². The number of nitro benzene ring substituents is 2. The second-order valence-electron chi connectivity index (χ2n) is 6.75. The van der Waals surface area contributed by atoms with Crippen LogP contribution in [-0.2, 0) is 4.79 Å². The van der Waals surface area contributed by atoms with E-state index in [1.54, 1.807) is 18.2 Å². The van der Waals surface area contributed by atoms with Gasteiger partial charge in [0.25, 0.3) is 11.6 Å². The summed E-state index contributed by atoms with van der Waals surface area (Å²) in [5.74, 6) is -0.607. The van der Waals surface area contributed by atoms with E-state index in [0.29, 0.717) is 11.3 Å². The lowest BCUT2D eigenvalue weighted by Crippen LogP contribution is -2.24. The van der Waals surface area contributed by atoms with E-state index in [9.17, 15) is 25.0 Å². The summed E-state index contributed by atoms with van der Waals surface area (Å²) < 4.78 is 7.05. The van der Waals surface area contributed by atoms with E-state index in [0.717, 1.165) is 11.4 Å². The van der Waals surface area contributed by atoms with Crippen molar-refractivity contribution in [1.82, 2.24) is 9.99 Å². The summed E-state index contributed by atoms with van der Waals surface area (Å²) in [6.45, 7) is 3.23. The molecule has 0 saturated carbocycles. The molecule has 1 amide bonds. The lowest BCUT2D eigenvalue weighted by Gasteiger charge is -2.09. The normalized spacial score (nSPS) is 10.8. The minimum absolute atomic E-state index is 0.0165. The highest BCUT2D eigenvalue weighted by atomic mass is 16.6. The van der Waals surface area contributed by atoms with Gasteiger partial charge < -0.3 is 9.30 Å². The van der Waals surface area contributed by atoms with Crippen molar-refractivity contribution in [3.05, 3.63) is 91.8 Å². The van der Waals surface area contributed by atoms with Crippen LogP contribution in [0.5, 0.6) is 5.75 Å². The number of nitro groups is 2. The van der Waals surface area contributed by atoms with Crippen LogP contribution in [0.3, 0.4) is 0 Å². The molecular weight excluding hydrogens is 418 g/mol. The number of nitrogens with zero attached hydrogens (tertiary/aromatic N) is 4. The van der Waals surface area contributed by atoms with Gasteiger partial charge in [0.1, 0.15) is 0 Å². The molecule has 0 unspecified atom stereocenters. The van der Waals surface area contributed by atoms with Crippen molar-refractivity contribution in [3.8, 4) is 11.4 Å². The number of amides is 1. The van der Waals surface area contributed by atoms with Crippen molar-refractivity contribution < 1.29 is 19.4 Å². The van der Waals surface area contributed by atoms with E-state index < -0.39 is 22.4 Å². The Bertz CT molecular complexity index is 1220. The molecule has 32 heavy (non-hydrogen) atoms. The number of non-ortho nitro benzene ring substituents is 1. The fourth-order valence-electron chi connectivity index (χ4n) is 3.14. The molecule has 11 nitrogen and oxygen atoms in total. The Labute approximate surface area is 182 Å². The summed E-state index contributed by atoms with van der Waals surface area (Å²) in [5, 5.41) is 25.9. The van der Waals surface area contributed by atoms with Gasteiger partial charge in [-0.3, -0.25) is 25.0 Å². The fraction of sp³-hybridized carbons (Fsp3) is 0.143. The maximum absolute atomic E-state index is 12.0. The van der Waals surface area contributed by atoms with Gasteiger partial charge in [0, 0.05) is 35.2 Å². The van der Waals surface area contributed by atoms with E-state index in [4.69, 9.17) is 4.74 Å². The minimum Gasteiger partial charge on any atom is -0.477 e. The zero-order chi connectivity index (χ0) is 23.3. The number of aryl methyl sites for hydroxylation is 1. The molecule has 0 radical (unpaired) electrons. The average molecular weight is 437 g/mol. The zero-order valence-electron chi connectivity index (χ0n) is 17.2. The zero-order valence-corrected chi connectivity index (χ0v) is 17.2. The third kappa shape index (κ3) is 4.95. The van der Waals surface area contributed by atoms with Gasteiger partial charge in [-0.1, -0.05) is 18.2 Å². The Kier molecular flexibility index (Phi) is 6.59. The molecule has 1 aromatic heterocycles. The van der Waals surface area contributed by atoms with Crippen LogP contribution in [-0.4, -0.2) is 33.1 Å². The second kappa shape index (κ2) is 9.51. The number of aromatic nitrogens is 1. The Hall–Kier alpha value is -4.54. The monoisotopic (exact) mass is 437 g/mol. The number of nitrogens with one attached hydrogen (secondary N) is 1. The lowest BCUT2D eigenvalue weighted by molar-refractivity contribution is -0.385. The van der Waals surface area contributed by atoms with Crippen molar-refractivity contribution in [3.63, 3.8) is 0 Å². The SMILES string of the molecule is Cc1cc(/C=N/NC(=O)COc2ccccc2[N+](=O)[O-])c(C)n1-c1cccc([N+](=O)[O-])c1. The molecule has 0 saturated heterocycles. The van der Waals surface area contributed by atoms with Gasteiger partial charge in [0.2, 0.25) is 0 Å². The van der Waals surface area contributed by atoms with Gasteiger partial charge in [0.05, 0.1) is 21.7 Å². The molecule has 0 aliphatic carbocycles. The van der Waals surface area contributed by atoms with E-state index >= 15 is 0 Å². The lowest BCUT2D eigenvalue weighted by atomic mass is 10.2. The predicted octanol–water partition coefficient (Wildman–Crippen LogP) is 3.44. The highest BCUT2D eigenvalue weighted by molar-refractivity contribution is 5.84. The summed E-state index contributed by atoms with van der Waals surface area (Å²) in [6, 6.07) is 13.8. The number of carbonyl (C=O) groups is 1. The van der Waals surface area contributed by atoms with Crippen LogP contribution in [0.2, 0.25) is 0 Å². The van der Waals surface area contributed by atoms with Gasteiger partial charge in [-0.25, -0.2) is 5.43 Å². The topological polar surface area (TPSA) is 142 Å². The van der Waals surface area contributed by atoms with Gasteiger partial charge in [-0.05, 0) is 32.0 Å². The number of rotatable bonds is 8. The maximum Gasteiger partial charge on any atom is 0.310 e. The summed E-state index contributed by atoms with van der Waals surface area (Å²) >= 11 is 0. The number of hydrogen-bond acceptors (Lipinski definition) is 7. The first-order valence-corrected chi connectivity index (χ1v) is 9.40. The Morgan fingerprint density at radius 1 is 1.09 bits per heavy atom. The second-order valence-corrected chi connectivity index (χ2v) is 6.75. The first-order valence-electron chi connectivity index (χ1n) is 9.40. The summed E-state index contributed by atoms with van der Waals surface area (Å²) in [5.41, 5.74) is 4.99. The smallest absolute Gasteiger partial charge is 0.310 e. The Morgan fingerprint density at radius 2 is 1.84 bits per heavy atom. The molecule has 0 fully saturated rings. The van der Waals surface area contributed by atoms with Crippen molar-refractivity contribution in [2.45, 2.75) is 13.8 Å². The van der Waals surface area contributed by atoms with Crippen LogP contribution < -0.4 is 10.2 Å². The summed E-state index contributed by atoms with van der Waals surface area (Å²) in [7, 11) is 0. The van der Waals surface area contributed by atoms with Crippen LogP contribution in [0.25, 0.3) is 5.69 Å². The van der Waals surface area contributed by atoms with E-state index in [2.05, 4.69) is 10.5 Å². The number of hydrazone groups is 1. The van der Waals surface area contributed by atoms with E-state index in [1.807, 2.05) is 24.5 Å². The van der Waals surface area contributed by atoms with Crippen LogP contribution in [0.4, 0.5) is 11.4 Å². The Balaban J connectivity index is 1.67. The van der Waals surface area contributed by atoms with Gasteiger partial charge in [0.15, 0.2) is 12.4 Å². The molecule has 1 heterocycles. The maximum atomic E-state index is 12.0. The summed E-state index contributed by atoms with van der Waals surface area (Å²) in [4.78, 5) is 33.0. The predicted molar refractivity (Wildman–Crippen MR) is 116 cm³/mol. The molecule has 0 aliphatic heterocycles. The third-order valence-electron chi connectivity index (χ3n) is 4.58. The molecule has 0 bridgehead atoms. The number of carbonyl (C=O) groups excluding carboxylic acids is 1. The first kappa shape index (κ1) is 22.2. The third-order valence-corrected chi connectivity index (χ3v) is 4.58. The van der Waals surface area contributed by atoms with Crippen LogP contribution >= 0.6 is 0 Å². The molecule has 3 aromatic rings. The molecule has 0 aliphatic rings. The summed E-state index contributed by atoms with van der Waals surface area (Å²) in [6.07, 6.45) is 1.44. The largest absolute Gasteiger partial charge is 0.477 e. The highest BCUT2D eigenvalue weighted by Crippen LogP contribution is 2.25. The average Bonchev–Trinajstić information content (AvgIpc) is 3.05. The van der Waals surface area contributed by atoms with E-state index in [-0.39, 0.29) is 17.1 Å². The molecule has 0 atom stereocenters. The number of ether oxygens (including phenoxy) is 1. The van der Waals surface area contributed by atoms with Crippen molar-refractivity contribution in [2.75, 3.05) is 6.61 Å².